The van der Waals surface area contributed by atoms with Crippen LogP contribution in [-0.2, 0) is 9.47 Å². The Morgan fingerprint density at radius 1 is 1.29 bits per heavy atom. The molecule has 28 heavy (non-hydrogen) atoms. The average Bonchev–Trinajstić information content (AvgIpc) is 3.03. The average molecular weight is 426 g/mol. The highest BCUT2D eigenvalue weighted by molar-refractivity contribution is 7.22. The molecule has 0 saturated carbocycles. The molecule has 1 saturated heterocycles. The third kappa shape index (κ3) is 4.33. The van der Waals surface area contributed by atoms with Crippen molar-refractivity contribution in [2.45, 2.75) is 39.3 Å². The summed E-state index contributed by atoms with van der Waals surface area (Å²) in [6.45, 7) is 9.36. The Balaban J connectivity index is 1.79. The summed E-state index contributed by atoms with van der Waals surface area (Å²) in [6, 6.07) is 3.39. The van der Waals surface area contributed by atoms with E-state index >= 15 is 0 Å². The first kappa shape index (κ1) is 20.7. The van der Waals surface area contributed by atoms with E-state index < -0.39 is 11.6 Å². The number of benzene rings is 1. The second-order valence-electron chi connectivity index (χ2n) is 7.76. The molecule has 1 aromatic carbocycles. The predicted octanol–water partition coefficient (Wildman–Crippen LogP) is 4.18. The summed E-state index contributed by atoms with van der Waals surface area (Å²) in [5.41, 5.74) is 0.549. The zero-order valence-corrected chi connectivity index (χ0v) is 18.2. The topological polar surface area (TPSA) is 72.0 Å². The standard InChI is InChI=1S/C19H24ClN3O4S/c1-11-10-22(18(25)27-19(2,3)4)6-7-23(11)17-21-15-13(20)8-12(16(24)26-5)9-14(15)28-17/h8-9,11H,6-7,10H2,1-5H3. The van der Waals surface area contributed by atoms with Gasteiger partial charge in [0.05, 0.1) is 22.4 Å². The highest BCUT2D eigenvalue weighted by Crippen LogP contribution is 2.35. The van der Waals surface area contributed by atoms with Gasteiger partial charge in [-0.1, -0.05) is 22.9 Å². The van der Waals surface area contributed by atoms with E-state index in [0.29, 0.717) is 35.7 Å². The van der Waals surface area contributed by atoms with Crippen molar-refractivity contribution in [2.24, 2.45) is 0 Å². The molecule has 9 heteroatoms. The van der Waals surface area contributed by atoms with Crippen molar-refractivity contribution < 1.29 is 19.1 Å². The maximum absolute atomic E-state index is 12.3. The highest BCUT2D eigenvalue weighted by atomic mass is 35.5. The second kappa shape index (κ2) is 7.75. The number of halogens is 1. The number of fused-ring (bicyclic) bond motifs is 1. The van der Waals surface area contributed by atoms with Crippen LogP contribution in [0, 0.1) is 0 Å². The largest absolute Gasteiger partial charge is 0.465 e. The van der Waals surface area contributed by atoms with Crippen molar-refractivity contribution in [3.05, 3.63) is 22.7 Å². The molecule has 3 rings (SSSR count). The maximum atomic E-state index is 12.3. The minimum atomic E-state index is -0.515. The van der Waals surface area contributed by atoms with Gasteiger partial charge in [0.1, 0.15) is 11.1 Å². The molecule has 0 aliphatic carbocycles. The number of nitrogens with zero attached hydrogens (tertiary/aromatic N) is 3. The molecule has 1 aliphatic rings. The number of anilines is 1. The van der Waals surface area contributed by atoms with Crippen molar-refractivity contribution in [1.82, 2.24) is 9.88 Å². The van der Waals surface area contributed by atoms with E-state index in [9.17, 15) is 9.59 Å². The van der Waals surface area contributed by atoms with E-state index in [1.807, 2.05) is 27.7 Å². The summed E-state index contributed by atoms with van der Waals surface area (Å²) in [4.78, 5) is 32.7. The fourth-order valence-electron chi connectivity index (χ4n) is 3.07. The van der Waals surface area contributed by atoms with Crippen LogP contribution in [-0.4, -0.2) is 60.3 Å². The number of methoxy groups -OCH3 is 1. The van der Waals surface area contributed by atoms with E-state index in [0.717, 1.165) is 9.83 Å². The lowest BCUT2D eigenvalue weighted by Gasteiger charge is -2.40. The third-order valence-electron chi connectivity index (χ3n) is 4.38. The van der Waals surface area contributed by atoms with E-state index in [2.05, 4.69) is 9.88 Å². The lowest BCUT2D eigenvalue weighted by Crippen LogP contribution is -2.54. The summed E-state index contributed by atoms with van der Waals surface area (Å²) in [5.74, 6) is -0.432. The molecule has 2 aromatic rings. The SMILES string of the molecule is COC(=O)c1cc(Cl)c2nc(N3CCN(C(=O)OC(C)(C)C)CC3C)sc2c1. The highest BCUT2D eigenvalue weighted by Gasteiger charge is 2.31. The number of ether oxygens (including phenoxy) is 2. The summed E-state index contributed by atoms with van der Waals surface area (Å²) in [7, 11) is 1.34. The van der Waals surface area contributed by atoms with E-state index in [4.69, 9.17) is 21.1 Å². The van der Waals surface area contributed by atoms with Crippen LogP contribution in [0.15, 0.2) is 12.1 Å². The molecule has 1 aliphatic heterocycles. The summed E-state index contributed by atoms with van der Waals surface area (Å²) in [5, 5.41) is 1.23. The van der Waals surface area contributed by atoms with Gasteiger partial charge in [0.25, 0.3) is 0 Å². The van der Waals surface area contributed by atoms with Gasteiger partial charge < -0.3 is 19.3 Å². The van der Waals surface area contributed by atoms with Gasteiger partial charge in [-0.3, -0.25) is 0 Å². The molecule has 152 valence electrons. The number of amides is 1. The molecule has 7 nitrogen and oxygen atoms in total. The van der Waals surface area contributed by atoms with Crippen molar-refractivity contribution in [1.29, 1.82) is 0 Å². The molecule has 1 fully saturated rings. The quantitative estimate of drug-likeness (QED) is 0.672. The van der Waals surface area contributed by atoms with Gasteiger partial charge in [0.15, 0.2) is 5.13 Å². The first-order valence-corrected chi connectivity index (χ1v) is 10.2. The van der Waals surface area contributed by atoms with Crippen LogP contribution < -0.4 is 4.90 Å². The van der Waals surface area contributed by atoms with Crippen LogP contribution in [0.5, 0.6) is 0 Å². The van der Waals surface area contributed by atoms with E-state index in [-0.39, 0.29) is 12.1 Å². The third-order valence-corrected chi connectivity index (χ3v) is 5.71. The summed E-state index contributed by atoms with van der Waals surface area (Å²) < 4.78 is 11.1. The molecule has 0 N–H and O–H groups in total. The molecular formula is C19H24ClN3O4S. The predicted molar refractivity (Wildman–Crippen MR) is 111 cm³/mol. The number of carbonyl (C=O) groups excluding carboxylic acids is 2. The van der Waals surface area contributed by atoms with Gasteiger partial charge in [-0.2, -0.15) is 0 Å². The minimum Gasteiger partial charge on any atom is -0.465 e. The Labute approximate surface area is 173 Å². The minimum absolute atomic E-state index is 0.0701. The maximum Gasteiger partial charge on any atom is 0.410 e. The smallest absolute Gasteiger partial charge is 0.410 e. The second-order valence-corrected chi connectivity index (χ2v) is 9.18. The Morgan fingerprint density at radius 2 is 2.00 bits per heavy atom. The number of piperazine rings is 1. The van der Waals surface area contributed by atoms with Crippen molar-refractivity contribution in [2.75, 3.05) is 31.6 Å². The van der Waals surface area contributed by atoms with Gasteiger partial charge in [-0.25, -0.2) is 14.6 Å². The van der Waals surface area contributed by atoms with Crippen LogP contribution in [0.2, 0.25) is 5.02 Å². The molecular weight excluding hydrogens is 402 g/mol. The lowest BCUT2D eigenvalue weighted by molar-refractivity contribution is 0.0218. The molecule has 0 radical (unpaired) electrons. The number of hydrogen-bond acceptors (Lipinski definition) is 7. The van der Waals surface area contributed by atoms with Crippen LogP contribution in [0.1, 0.15) is 38.1 Å². The van der Waals surface area contributed by atoms with Gasteiger partial charge in [-0.05, 0) is 39.8 Å². The van der Waals surface area contributed by atoms with Crippen LogP contribution in [0.3, 0.4) is 0 Å². The number of carbonyl (C=O) groups is 2. The van der Waals surface area contributed by atoms with Crippen molar-refractivity contribution in [3.8, 4) is 0 Å². The van der Waals surface area contributed by atoms with E-state index in [1.165, 1.54) is 18.4 Å². The van der Waals surface area contributed by atoms with Gasteiger partial charge in [0, 0.05) is 25.7 Å². The fourth-order valence-corrected chi connectivity index (χ4v) is 4.55. The molecule has 2 heterocycles. The number of thiazole rings is 1. The van der Waals surface area contributed by atoms with E-state index in [1.54, 1.807) is 17.0 Å². The Kier molecular flexibility index (Phi) is 5.72. The molecule has 0 bridgehead atoms. The van der Waals surface area contributed by atoms with Crippen LogP contribution in [0.4, 0.5) is 9.93 Å². The van der Waals surface area contributed by atoms with Gasteiger partial charge in [0.2, 0.25) is 0 Å². The number of rotatable bonds is 2. The molecule has 1 atom stereocenters. The van der Waals surface area contributed by atoms with Crippen molar-refractivity contribution >= 4 is 50.3 Å². The Morgan fingerprint density at radius 3 is 2.61 bits per heavy atom. The normalized spacial score (nSPS) is 17.7. The monoisotopic (exact) mass is 425 g/mol. The number of esters is 1. The zero-order chi connectivity index (χ0) is 20.6. The molecule has 1 unspecified atom stereocenters. The first-order valence-electron chi connectivity index (χ1n) is 9.02. The molecule has 1 aromatic heterocycles. The number of aromatic nitrogens is 1. The lowest BCUT2D eigenvalue weighted by atomic mass is 10.2. The van der Waals surface area contributed by atoms with Gasteiger partial charge >= 0.3 is 12.1 Å². The zero-order valence-electron chi connectivity index (χ0n) is 16.6. The van der Waals surface area contributed by atoms with Crippen molar-refractivity contribution in [3.63, 3.8) is 0 Å². The summed E-state index contributed by atoms with van der Waals surface area (Å²) in [6.07, 6.45) is -0.297. The summed E-state index contributed by atoms with van der Waals surface area (Å²) >= 11 is 7.80. The molecule has 1 amide bonds. The van der Waals surface area contributed by atoms with Gasteiger partial charge in [-0.15, -0.1) is 0 Å². The van der Waals surface area contributed by atoms with Crippen LogP contribution in [0.25, 0.3) is 10.2 Å². The molecule has 0 spiro atoms. The first-order chi connectivity index (χ1) is 13.1. The fraction of sp³-hybridized carbons (Fsp3) is 0.526. The Bertz CT molecular complexity index is 908. The number of hydrogen-bond donors (Lipinski definition) is 0. The van der Waals surface area contributed by atoms with Crippen LogP contribution >= 0.6 is 22.9 Å². The Hall–Kier alpha value is -2.06.